The minimum Gasteiger partial charge on any atom is -0.504 e. The highest BCUT2D eigenvalue weighted by molar-refractivity contribution is 8.18. The summed E-state index contributed by atoms with van der Waals surface area (Å²) in [6.07, 6.45) is 4.64. The Morgan fingerprint density at radius 2 is 1.84 bits per heavy atom. The molecule has 45 heavy (non-hydrogen) atoms. The molecule has 13 heteroatoms. The number of hydrogen-bond donors (Lipinski definition) is 2. The molecule has 1 saturated heterocycles. The molecule has 0 saturated carbocycles. The molecule has 3 aromatic carbocycles. The lowest BCUT2D eigenvalue weighted by Crippen LogP contribution is -2.28. The monoisotopic (exact) mass is 664 g/mol. The number of phenolic OH excluding ortho intramolecular Hbond substituents is 1. The van der Waals surface area contributed by atoms with Crippen LogP contribution in [-0.4, -0.2) is 46.4 Å². The van der Waals surface area contributed by atoms with Crippen molar-refractivity contribution in [3.05, 3.63) is 111 Å². The number of nitrogens with zero attached hydrogens (tertiary/aromatic N) is 3. The molecule has 0 spiro atoms. The fraction of sp³-hybridized carbons (Fsp3) is 0.125. The molecule has 2 N–H and O–H groups in total. The number of aromatic hydroxyl groups is 1. The number of rotatable bonds is 11. The van der Waals surface area contributed by atoms with E-state index in [1.165, 1.54) is 23.4 Å². The van der Waals surface area contributed by atoms with Gasteiger partial charge in [0.15, 0.2) is 23.3 Å². The molecule has 0 unspecified atom stereocenters. The predicted octanol–water partition coefficient (Wildman–Crippen LogP) is 7.21. The van der Waals surface area contributed by atoms with Crippen molar-refractivity contribution in [1.82, 2.24) is 4.90 Å². The average molecular weight is 666 g/mol. The van der Waals surface area contributed by atoms with Crippen LogP contribution < -0.4 is 14.8 Å². The first-order chi connectivity index (χ1) is 21.8. The Morgan fingerprint density at radius 3 is 2.60 bits per heavy atom. The summed E-state index contributed by atoms with van der Waals surface area (Å²) in [6.45, 7) is 2.05. The van der Waals surface area contributed by atoms with Crippen molar-refractivity contribution >= 4 is 69.9 Å². The topological polar surface area (TPSA) is 126 Å². The summed E-state index contributed by atoms with van der Waals surface area (Å²) in [5.41, 5.74) is 1.71. The van der Waals surface area contributed by atoms with E-state index in [0.717, 1.165) is 11.8 Å². The van der Waals surface area contributed by atoms with Gasteiger partial charge in [-0.1, -0.05) is 23.2 Å². The van der Waals surface area contributed by atoms with Crippen molar-refractivity contribution in [2.75, 3.05) is 18.5 Å². The molecule has 1 fully saturated rings. The molecule has 2 heterocycles. The van der Waals surface area contributed by atoms with Gasteiger partial charge in [-0.15, -0.1) is 5.10 Å². The van der Waals surface area contributed by atoms with E-state index in [4.69, 9.17) is 37.1 Å². The molecule has 2 amide bonds. The molecule has 10 nitrogen and oxygen atoms in total. The third-order valence-electron chi connectivity index (χ3n) is 6.16. The lowest BCUT2D eigenvalue weighted by atomic mass is 10.2. The van der Waals surface area contributed by atoms with Gasteiger partial charge >= 0.3 is 0 Å². The second kappa shape index (κ2) is 14.8. The first kappa shape index (κ1) is 31.7. The van der Waals surface area contributed by atoms with E-state index < -0.39 is 0 Å². The molecule has 0 atom stereocenters. The largest absolute Gasteiger partial charge is 0.504 e. The molecule has 1 aliphatic rings. The summed E-state index contributed by atoms with van der Waals surface area (Å²) in [6, 6.07) is 19.9. The maximum absolute atomic E-state index is 13.6. The quantitative estimate of drug-likeness (QED) is 0.0985. The molecular formula is C32H26Cl2N4O6S. The molecule has 0 bridgehead atoms. The number of thioether (sulfide) groups is 1. The van der Waals surface area contributed by atoms with Gasteiger partial charge in [-0.2, -0.15) is 5.10 Å². The summed E-state index contributed by atoms with van der Waals surface area (Å²) >= 11 is 13.3. The highest BCUT2D eigenvalue weighted by Crippen LogP contribution is 2.36. The number of furan rings is 1. The fourth-order valence-electron chi connectivity index (χ4n) is 4.09. The van der Waals surface area contributed by atoms with Crippen LogP contribution in [0.25, 0.3) is 6.08 Å². The van der Waals surface area contributed by atoms with Gasteiger partial charge in [0, 0.05) is 21.3 Å². The maximum atomic E-state index is 13.6. The van der Waals surface area contributed by atoms with Gasteiger partial charge in [-0.3, -0.25) is 14.5 Å². The highest BCUT2D eigenvalue weighted by atomic mass is 35.5. The highest BCUT2D eigenvalue weighted by Gasteiger charge is 2.34. The van der Waals surface area contributed by atoms with E-state index in [-0.39, 0.29) is 30.7 Å². The molecule has 230 valence electrons. The van der Waals surface area contributed by atoms with Crippen molar-refractivity contribution in [2.24, 2.45) is 10.2 Å². The molecule has 5 rings (SSSR count). The minimum atomic E-state index is -0.379. The molecule has 0 radical (unpaired) electrons. The lowest BCUT2D eigenvalue weighted by molar-refractivity contribution is -0.122. The van der Waals surface area contributed by atoms with Crippen LogP contribution in [0.4, 0.5) is 5.69 Å². The number of amides is 2. The molecule has 4 aromatic rings. The van der Waals surface area contributed by atoms with Crippen molar-refractivity contribution in [1.29, 1.82) is 0 Å². The van der Waals surface area contributed by atoms with E-state index in [0.29, 0.717) is 60.8 Å². The summed E-state index contributed by atoms with van der Waals surface area (Å²) in [5, 5.41) is 22.5. The van der Waals surface area contributed by atoms with Crippen LogP contribution >= 0.6 is 35.0 Å². The number of carbonyl (C=O) groups is 2. The number of halogens is 2. The normalized spacial score (nSPS) is 14.9. The van der Waals surface area contributed by atoms with Crippen LogP contribution in [0, 0.1) is 0 Å². The Kier molecular flexibility index (Phi) is 10.5. The van der Waals surface area contributed by atoms with Gasteiger partial charge in [-0.05, 0) is 103 Å². The van der Waals surface area contributed by atoms with Crippen LogP contribution in [0.2, 0.25) is 10.0 Å². The molecular weight excluding hydrogens is 639 g/mol. The van der Waals surface area contributed by atoms with Gasteiger partial charge in [0.05, 0.1) is 30.5 Å². The van der Waals surface area contributed by atoms with Crippen molar-refractivity contribution in [3.63, 3.8) is 0 Å². The summed E-state index contributed by atoms with van der Waals surface area (Å²) in [4.78, 5) is 27.9. The molecule has 1 aliphatic heterocycles. The Hall–Kier alpha value is -4.71. The minimum absolute atomic E-state index is 0.0169. The number of amidine groups is 1. The fourth-order valence-corrected chi connectivity index (χ4v) is 5.32. The summed E-state index contributed by atoms with van der Waals surface area (Å²) in [7, 11) is 0. The Bertz CT molecular complexity index is 1770. The molecule has 0 aliphatic carbocycles. The van der Waals surface area contributed by atoms with Crippen LogP contribution in [0.1, 0.15) is 23.8 Å². The lowest BCUT2D eigenvalue weighted by Gasteiger charge is -2.13. The van der Waals surface area contributed by atoms with Crippen molar-refractivity contribution < 1.29 is 28.6 Å². The van der Waals surface area contributed by atoms with Gasteiger partial charge in [0.25, 0.3) is 11.8 Å². The Labute approximate surface area is 272 Å². The second-order valence-corrected chi connectivity index (χ2v) is 11.3. The van der Waals surface area contributed by atoms with Crippen molar-refractivity contribution in [2.45, 2.75) is 13.5 Å². The van der Waals surface area contributed by atoms with Gasteiger partial charge < -0.3 is 24.3 Å². The second-order valence-electron chi connectivity index (χ2n) is 9.39. The van der Waals surface area contributed by atoms with Gasteiger partial charge in [0.2, 0.25) is 0 Å². The zero-order chi connectivity index (χ0) is 31.8. The number of phenols is 1. The predicted molar refractivity (Wildman–Crippen MR) is 176 cm³/mol. The number of carbonyl (C=O) groups excluding carboxylic acids is 2. The smallest absolute Gasteiger partial charge is 0.267 e. The van der Waals surface area contributed by atoms with E-state index in [9.17, 15) is 14.7 Å². The summed E-state index contributed by atoms with van der Waals surface area (Å²) in [5.74, 6) is 0.538. The van der Waals surface area contributed by atoms with Crippen molar-refractivity contribution in [3.8, 4) is 17.2 Å². The van der Waals surface area contributed by atoms with E-state index >= 15 is 0 Å². The number of benzene rings is 3. The van der Waals surface area contributed by atoms with Crippen LogP contribution in [0.15, 0.2) is 98.6 Å². The third kappa shape index (κ3) is 8.48. The van der Waals surface area contributed by atoms with E-state index in [2.05, 4.69) is 15.5 Å². The van der Waals surface area contributed by atoms with Crippen LogP contribution in [0.3, 0.4) is 0 Å². The third-order valence-corrected chi connectivity index (χ3v) is 7.65. The first-order valence-electron chi connectivity index (χ1n) is 13.6. The average Bonchev–Trinajstić information content (AvgIpc) is 3.64. The molecule has 1 aromatic heterocycles. The first-order valence-corrected chi connectivity index (χ1v) is 15.1. The van der Waals surface area contributed by atoms with Crippen LogP contribution in [-0.2, 0) is 16.1 Å². The van der Waals surface area contributed by atoms with E-state index in [1.54, 1.807) is 72.8 Å². The summed E-state index contributed by atoms with van der Waals surface area (Å²) < 4.78 is 16.7. The standard InChI is InChI=1S/C32H26Cl2N4O6S/c1-2-42-28-14-20(5-11-26(28)39)17-35-37-32-38(18-25-4-3-13-43-25)31(41)29(45-32)16-21-15-23(34)8-12-27(21)44-19-30(40)36-24-9-6-22(33)7-10-24/h3-17,39H,2,18-19H2,1H3,(H,36,40)/b29-16-,35-17-,37-32+. The zero-order valence-electron chi connectivity index (χ0n) is 23.8. The number of anilines is 1. The number of nitrogens with one attached hydrogen (secondary N) is 1. The number of ether oxygens (including phenoxy) is 2. The van der Waals surface area contributed by atoms with Crippen LogP contribution in [0.5, 0.6) is 17.2 Å². The van der Waals surface area contributed by atoms with E-state index in [1.807, 2.05) is 6.92 Å². The van der Waals surface area contributed by atoms with Gasteiger partial charge in [-0.25, -0.2) is 0 Å². The number of hydrogen-bond acceptors (Lipinski definition) is 9. The Morgan fingerprint density at radius 1 is 1.04 bits per heavy atom. The maximum Gasteiger partial charge on any atom is 0.267 e. The zero-order valence-corrected chi connectivity index (χ0v) is 26.1. The van der Waals surface area contributed by atoms with Gasteiger partial charge in [0.1, 0.15) is 11.5 Å². The Balaban J connectivity index is 1.37. The SMILES string of the molecule is CCOc1cc(/C=N\N=C2\S/C(=C\c3cc(Cl)ccc3OCC(=O)Nc3ccc(Cl)cc3)C(=O)N2Cc2ccco2)ccc1O.